The first-order valence-electron chi connectivity index (χ1n) is 5.48. The van der Waals surface area contributed by atoms with Crippen molar-refractivity contribution in [3.63, 3.8) is 0 Å². The van der Waals surface area contributed by atoms with Crippen LogP contribution in [0.4, 0.5) is 0 Å². The predicted molar refractivity (Wildman–Crippen MR) is 52.3 cm³/mol. The summed E-state index contributed by atoms with van der Waals surface area (Å²) in [6.45, 7) is 5.55. The monoisotopic (exact) mass is 181 g/mol. The molecule has 2 rings (SSSR count). The molecule has 0 radical (unpaired) electrons. The molecule has 0 aromatic carbocycles. The van der Waals surface area contributed by atoms with Gasteiger partial charge in [-0.25, -0.2) is 0 Å². The molecule has 2 aliphatic heterocycles. The Kier molecular flexibility index (Phi) is 2.31. The van der Waals surface area contributed by atoms with Crippen LogP contribution in [-0.4, -0.2) is 23.4 Å². The van der Waals surface area contributed by atoms with Crippen molar-refractivity contribution in [2.24, 2.45) is 11.8 Å². The highest BCUT2D eigenvalue weighted by Gasteiger charge is 2.36. The molecule has 0 aliphatic carbocycles. The number of nitrogens with zero attached hydrogens (tertiary/aromatic N) is 1. The average molecular weight is 181 g/mol. The van der Waals surface area contributed by atoms with Gasteiger partial charge >= 0.3 is 0 Å². The Morgan fingerprint density at radius 2 is 2.00 bits per heavy atom. The molecule has 0 aromatic heterocycles. The fourth-order valence-electron chi connectivity index (χ4n) is 2.74. The van der Waals surface area contributed by atoms with E-state index in [0.29, 0.717) is 17.9 Å². The van der Waals surface area contributed by atoms with E-state index in [1.54, 1.807) is 0 Å². The van der Waals surface area contributed by atoms with Crippen molar-refractivity contribution in [1.82, 2.24) is 4.90 Å². The van der Waals surface area contributed by atoms with Gasteiger partial charge in [0.05, 0.1) is 0 Å². The minimum absolute atomic E-state index is 0.398. The second-order valence-corrected chi connectivity index (χ2v) is 4.81. The number of fused-ring (bicyclic) bond motifs is 1. The normalized spacial score (nSPS) is 40.3. The van der Waals surface area contributed by atoms with Crippen LogP contribution in [0.3, 0.4) is 0 Å². The first-order chi connectivity index (χ1) is 6.18. The van der Waals surface area contributed by atoms with Crippen LogP contribution in [0.1, 0.15) is 39.5 Å². The van der Waals surface area contributed by atoms with Crippen molar-refractivity contribution in [2.45, 2.75) is 45.6 Å². The number of piperidine rings is 2. The number of rotatable bonds is 0. The van der Waals surface area contributed by atoms with Crippen molar-refractivity contribution in [3.8, 4) is 0 Å². The van der Waals surface area contributed by atoms with E-state index in [1.807, 2.05) is 0 Å². The quantitative estimate of drug-likeness (QED) is 0.560. The molecule has 0 N–H and O–H groups in total. The van der Waals surface area contributed by atoms with Gasteiger partial charge in [0.15, 0.2) is 0 Å². The highest BCUT2D eigenvalue weighted by molar-refractivity contribution is 5.77. The number of hydrogen-bond donors (Lipinski definition) is 0. The number of hydrogen-bond acceptors (Lipinski definition) is 1. The molecule has 3 atom stereocenters. The second-order valence-electron chi connectivity index (χ2n) is 4.81. The molecule has 0 unspecified atom stereocenters. The molecule has 1 amide bonds. The molecule has 0 bridgehead atoms. The Hall–Kier alpha value is -0.530. The van der Waals surface area contributed by atoms with Gasteiger partial charge in [0.2, 0.25) is 5.91 Å². The number of carbonyl (C=O) groups is 1. The van der Waals surface area contributed by atoms with Crippen LogP contribution < -0.4 is 0 Å². The Balaban J connectivity index is 2.11. The van der Waals surface area contributed by atoms with E-state index >= 15 is 0 Å². The molecule has 0 spiro atoms. The smallest absolute Gasteiger partial charge is 0.222 e. The fraction of sp³-hybridized carbons (Fsp3) is 0.909. The molecule has 74 valence electrons. The van der Waals surface area contributed by atoms with Crippen molar-refractivity contribution in [2.75, 3.05) is 6.54 Å². The highest BCUT2D eigenvalue weighted by Crippen LogP contribution is 2.32. The van der Waals surface area contributed by atoms with Crippen LogP contribution in [-0.2, 0) is 4.79 Å². The maximum Gasteiger partial charge on any atom is 0.222 e. The summed E-state index contributed by atoms with van der Waals surface area (Å²) in [6, 6.07) is 0.567. The lowest BCUT2D eigenvalue weighted by atomic mass is 9.82. The molecule has 2 saturated heterocycles. The van der Waals surface area contributed by atoms with E-state index in [0.717, 1.165) is 25.3 Å². The van der Waals surface area contributed by atoms with Gasteiger partial charge in [0.25, 0.3) is 0 Å². The van der Waals surface area contributed by atoms with Crippen LogP contribution in [0.5, 0.6) is 0 Å². The van der Waals surface area contributed by atoms with Gasteiger partial charge in [-0.2, -0.15) is 0 Å². The molecular formula is C11H19NO. The SMILES string of the molecule is C[C@H]1CC[C@H]2[C@H](C)CCC(=O)N2C1. The van der Waals surface area contributed by atoms with Crippen LogP contribution in [0, 0.1) is 11.8 Å². The molecule has 0 saturated carbocycles. The van der Waals surface area contributed by atoms with E-state index < -0.39 is 0 Å². The highest BCUT2D eigenvalue weighted by atomic mass is 16.2. The van der Waals surface area contributed by atoms with Gasteiger partial charge < -0.3 is 4.90 Å². The summed E-state index contributed by atoms with van der Waals surface area (Å²) in [6.07, 6.45) is 4.42. The molecule has 0 aromatic rings. The van der Waals surface area contributed by atoms with Gasteiger partial charge in [0.1, 0.15) is 0 Å². The Bertz CT molecular complexity index is 214. The van der Waals surface area contributed by atoms with Crippen molar-refractivity contribution < 1.29 is 4.79 Å². The van der Waals surface area contributed by atoms with Crippen LogP contribution in [0.2, 0.25) is 0 Å². The molecular weight excluding hydrogens is 162 g/mol. The second kappa shape index (κ2) is 3.32. The van der Waals surface area contributed by atoms with Gasteiger partial charge in [-0.3, -0.25) is 4.79 Å². The molecule has 2 fully saturated rings. The van der Waals surface area contributed by atoms with E-state index in [-0.39, 0.29) is 0 Å². The van der Waals surface area contributed by atoms with E-state index in [1.165, 1.54) is 12.8 Å². The summed E-state index contributed by atoms with van der Waals surface area (Å²) in [7, 11) is 0. The van der Waals surface area contributed by atoms with Crippen molar-refractivity contribution >= 4 is 5.91 Å². The largest absolute Gasteiger partial charge is 0.339 e. The Morgan fingerprint density at radius 3 is 2.77 bits per heavy atom. The van der Waals surface area contributed by atoms with Crippen molar-refractivity contribution in [1.29, 1.82) is 0 Å². The standard InChI is InChI=1S/C11H19NO/c1-8-3-5-10-9(2)4-6-11(13)12(10)7-8/h8-10H,3-7H2,1-2H3/t8-,9+,10-/m0/s1. The maximum atomic E-state index is 11.6. The Morgan fingerprint density at radius 1 is 1.23 bits per heavy atom. The summed E-state index contributed by atoms with van der Waals surface area (Å²) >= 11 is 0. The first-order valence-corrected chi connectivity index (χ1v) is 5.48. The lowest BCUT2D eigenvalue weighted by molar-refractivity contribution is -0.141. The predicted octanol–water partition coefficient (Wildman–Crippen LogP) is 2.04. The summed E-state index contributed by atoms with van der Waals surface area (Å²) in [5.74, 6) is 1.84. The van der Waals surface area contributed by atoms with E-state index in [4.69, 9.17) is 0 Å². The first kappa shape index (κ1) is 9.04. The summed E-state index contributed by atoms with van der Waals surface area (Å²) < 4.78 is 0. The van der Waals surface area contributed by atoms with Crippen LogP contribution >= 0.6 is 0 Å². The topological polar surface area (TPSA) is 20.3 Å². The summed E-state index contributed by atoms with van der Waals surface area (Å²) in [4.78, 5) is 13.8. The summed E-state index contributed by atoms with van der Waals surface area (Å²) in [5.41, 5.74) is 0. The summed E-state index contributed by atoms with van der Waals surface area (Å²) in [5, 5.41) is 0. The average Bonchev–Trinajstić information content (AvgIpc) is 2.12. The van der Waals surface area contributed by atoms with Gasteiger partial charge in [-0.05, 0) is 31.1 Å². The van der Waals surface area contributed by atoms with Gasteiger partial charge in [-0.15, -0.1) is 0 Å². The third-order valence-corrected chi connectivity index (χ3v) is 3.65. The third-order valence-electron chi connectivity index (χ3n) is 3.65. The third kappa shape index (κ3) is 1.59. The number of amides is 1. The van der Waals surface area contributed by atoms with Gasteiger partial charge in [0, 0.05) is 19.0 Å². The van der Waals surface area contributed by atoms with E-state index in [2.05, 4.69) is 18.7 Å². The van der Waals surface area contributed by atoms with Gasteiger partial charge in [-0.1, -0.05) is 13.8 Å². The zero-order valence-corrected chi connectivity index (χ0v) is 8.62. The number of carbonyl (C=O) groups excluding carboxylic acids is 1. The molecule has 2 nitrogen and oxygen atoms in total. The lowest BCUT2D eigenvalue weighted by Crippen LogP contribution is -2.52. The Labute approximate surface area is 80.3 Å². The van der Waals surface area contributed by atoms with E-state index in [9.17, 15) is 4.79 Å². The van der Waals surface area contributed by atoms with Crippen LogP contribution in [0.15, 0.2) is 0 Å². The fourth-order valence-corrected chi connectivity index (χ4v) is 2.74. The van der Waals surface area contributed by atoms with Crippen molar-refractivity contribution in [3.05, 3.63) is 0 Å². The molecule has 13 heavy (non-hydrogen) atoms. The maximum absolute atomic E-state index is 11.6. The van der Waals surface area contributed by atoms with Crippen LogP contribution in [0.25, 0.3) is 0 Å². The minimum atomic E-state index is 0.398. The molecule has 2 aliphatic rings. The molecule has 2 heterocycles. The minimum Gasteiger partial charge on any atom is -0.339 e. The lowest BCUT2D eigenvalue weighted by Gasteiger charge is -2.45. The zero-order chi connectivity index (χ0) is 9.42. The molecule has 2 heteroatoms. The zero-order valence-electron chi connectivity index (χ0n) is 8.62.